The first kappa shape index (κ1) is 13.8. The predicted molar refractivity (Wildman–Crippen MR) is 61.7 cm³/mol. The van der Waals surface area contributed by atoms with E-state index in [0.717, 1.165) is 0 Å². The largest absolute Gasteiger partial charge is 0.481 e. The number of carboxylic acid groups (broad SMARTS) is 1. The highest BCUT2D eigenvalue weighted by Crippen LogP contribution is 2.23. The van der Waals surface area contributed by atoms with E-state index in [-0.39, 0.29) is 18.0 Å². The van der Waals surface area contributed by atoms with E-state index in [4.69, 9.17) is 9.84 Å². The lowest BCUT2D eigenvalue weighted by molar-refractivity contribution is -0.144. The molecule has 2 unspecified atom stereocenters. The van der Waals surface area contributed by atoms with Crippen molar-refractivity contribution in [2.75, 3.05) is 26.8 Å². The zero-order valence-corrected chi connectivity index (χ0v) is 10.5. The fourth-order valence-electron chi connectivity index (χ4n) is 1.79. The van der Waals surface area contributed by atoms with Gasteiger partial charge >= 0.3 is 12.0 Å². The lowest BCUT2D eigenvalue weighted by Crippen LogP contribution is -2.57. The second kappa shape index (κ2) is 5.86. The first-order valence-corrected chi connectivity index (χ1v) is 5.72. The Hall–Kier alpha value is -1.30. The fraction of sp³-hybridized carbons (Fsp3) is 0.818. The molecule has 6 nitrogen and oxygen atoms in total. The Labute approximate surface area is 101 Å². The van der Waals surface area contributed by atoms with Crippen molar-refractivity contribution in [3.05, 3.63) is 0 Å². The summed E-state index contributed by atoms with van der Waals surface area (Å²) in [5, 5.41) is 11.6. The van der Waals surface area contributed by atoms with Crippen molar-refractivity contribution in [2.45, 2.75) is 19.9 Å². The average molecular weight is 244 g/mol. The van der Waals surface area contributed by atoms with Crippen LogP contribution in [0.2, 0.25) is 0 Å². The van der Waals surface area contributed by atoms with Crippen LogP contribution >= 0.6 is 0 Å². The van der Waals surface area contributed by atoms with E-state index < -0.39 is 11.9 Å². The second-order valence-corrected chi connectivity index (χ2v) is 4.60. The van der Waals surface area contributed by atoms with Gasteiger partial charge in [-0.2, -0.15) is 0 Å². The molecule has 2 amide bonds. The van der Waals surface area contributed by atoms with E-state index in [1.807, 2.05) is 6.92 Å². The van der Waals surface area contributed by atoms with Crippen molar-refractivity contribution in [2.24, 2.45) is 11.8 Å². The average Bonchev–Trinajstić information content (AvgIpc) is 2.14. The van der Waals surface area contributed by atoms with Gasteiger partial charge in [0.2, 0.25) is 0 Å². The van der Waals surface area contributed by atoms with E-state index in [9.17, 15) is 9.59 Å². The molecule has 1 heterocycles. The summed E-state index contributed by atoms with van der Waals surface area (Å²) >= 11 is 0. The zero-order chi connectivity index (χ0) is 13.0. The van der Waals surface area contributed by atoms with Crippen LogP contribution < -0.4 is 5.32 Å². The Morgan fingerprint density at radius 1 is 1.47 bits per heavy atom. The van der Waals surface area contributed by atoms with Crippen molar-refractivity contribution in [1.29, 1.82) is 0 Å². The van der Waals surface area contributed by atoms with Crippen LogP contribution in [0.5, 0.6) is 0 Å². The van der Waals surface area contributed by atoms with Crippen LogP contribution in [0.15, 0.2) is 0 Å². The zero-order valence-electron chi connectivity index (χ0n) is 10.5. The summed E-state index contributed by atoms with van der Waals surface area (Å²) < 4.78 is 4.92. The number of amides is 2. The highest BCUT2D eigenvalue weighted by molar-refractivity contribution is 5.76. The Balaban J connectivity index is 2.28. The minimum atomic E-state index is -0.803. The summed E-state index contributed by atoms with van der Waals surface area (Å²) in [4.78, 5) is 24.0. The van der Waals surface area contributed by atoms with Gasteiger partial charge in [0.05, 0.1) is 18.6 Å². The first-order valence-electron chi connectivity index (χ1n) is 5.72. The molecule has 2 N–H and O–H groups in total. The van der Waals surface area contributed by atoms with Crippen molar-refractivity contribution >= 4 is 12.0 Å². The molecule has 0 saturated carbocycles. The molecule has 0 aromatic carbocycles. The van der Waals surface area contributed by atoms with E-state index in [2.05, 4.69) is 5.32 Å². The summed E-state index contributed by atoms with van der Waals surface area (Å²) in [6.45, 7) is 5.03. The molecule has 1 aliphatic heterocycles. The molecule has 0 aliphatic carbocycles. The molecular weight excluding hydrogens is 224 g/mol. The maximum atomic E-state index is 11.7. The number of carbonyl (C=O) groups excluding carboxylic acids is 1. The van der Waals surface area contributed by atoms with Crippen LogP contribution in [0.1, 0.15) is 13.8 Å². The normalized spacial score (nSPS) is 19.4. The van der Waals surface area contributed by atoms with Crippen molar-refractivity contribution in [3.8, 4) is 0 Å². The highest BCUT2D eigenvalue weighted by Gasteiger charge is 2.37. The molecule has 2 atom stereocenters. The quantitative estimate of drug-likeness (QED) is 0.733. The second-order valence-electron chi connectivity index (χ2n) is 4.60. The Morgan fingerprint density at radius 2 is 2.06 bits per heavy atom. The Morgan fingerprint density at radius 3 is 2.53 bits per heavy atom. The number of methoxy groups -OCH3 is 1. The number of nitrogens with zero attached hydrogens (tertiary/aromatic N) is 1. The lowest BCUT2D eigenvalue weighted by atomic mass is 9.87. The van der Waals surface area contributed by atoms with Gasteiger partial charge in [-0.15, -0.1) is 0 Å². The SMILES string of the molecule is COCC(C)NC(=O)N1CC(C(C)C(=O)O)C1. The monoisotopic (exact) mass is 244 g/mol. The molecule has 0 bridgehead atoms. The first-order chi connectivity index (χ1) is 7.95. The van der Waals surface area contributed by atoms with Crippen LogP contribution in [0, 0.1) is 11.8 Å². The minimum Gasteiger partial charge on any atom is -0.481 e. The van der Waals surface area contributed by atoms with E-state index in [1.165, 1.54) is 0 Å². The number of likely N-dealkylation sites (tertiary alicyclic amines) is 1. The summed E-state index contributed by atoms with van der Waals surface area (Å²) in [6, 6.07) is -0.188. The molecule has 1 saturated heterocycles. The van der Waals surface area contributed by atoms with Gasteiger partial charge in [-0.25, -0.2) is 4.79 Å². The van der Waals surface area contributed by atoms with E-state index >= 15 is 0 Å². The van der Waals surface area contributed by atoms with Crippen LogP contribution in [0.25, 0.3) is 0 Å². The van der Waals surface area contributed by atoms with Gasteiger partial charge < -0.3 is 20.1 Å². The van der Waals surface area contributed by atoms with Gasteiger partial charge in [-0.05, 0) is 6.92 Å². The minimum absolute atomic E-state index is 0.0385. The molecule has 0 radical (unpaired) electrons. The molecule has 1 aliphatic rings. The molecule has 0 aromatic rings. The smallest absolute Gasteiger partial charge is 0.317 e. The molecule has 0 spiro atoms. The van der Waals surface area contributed by atoms with Gasteiger partial charge in [0.15, 0.2) is 0 Å². The lowest BCUT2D eigenvalue weighted by Gasteiger charge is -2.41. The third-order valence-electron chi connectivity index (χ3n) is 3.08. The topological polar surface area (TPSA) is 78.9 Å². The van der Waals surface area contributed by atoms with Gasteiger partial charge in [0.25, 0.3) is 0 Å². The molecule has 1 fully saturated rings. The number of ether oxygens (including phenoxy) is 1. The van der Waals surface area contributed by atoms with Crippen LogP contribution in [-0.2, 0) is 9.53 Å². The van der Waals surface area contributed by atoms with E-state index in [1.54, 1.807) is 18.9 Å². The summed E-state index contributed by atoms with van der Waals surface area (Å²) in [5.41, 5.74) is 0. The van der Waals surface area contributed by atoms with Gasteiger partial charge in [0, 0.05) is 26.1 Å². The Bertz CT molecular complexity index is 289. The van der Waals surface area contributed by atoms with Crippen molar-refractivity contribution in [1.82, 2.24) is 10.2 Å². The maximum Gasteiger partial charge on any atom is 0.317 e. The van der Waals surface area contributed by atoms with E-state index in [0.29, 0.717) is 19.7 Å². The van der Waals surface area contributed by atoms with Crippen LogP contribution in [0.3, 0.4) is 0 Å². The fourth-order valence-corrected chi connectivity index (χ4v) is 1.79. The third kappa shape index (κ3) is 3.59. The van der Waals surface area contributed by atoms with Gasteiger partial charge in [0.1, 0.15) is 0 Å². The van der Waals surface area contributed by atoms with Crippen molar-refractivity contribution in [3.63, 3.8) is 0 Å². The summed E-state index contributed by atoms with van der Waals surface area (Å²) in [7, 11) is 1.58. The third-order valence-corrected chi connectivity index (χ3v) is 3.08. The number of rotatable bonds is 5. The summed E-state index contributed by atoms with van der Waals surface area (Å²) in [6.07, 6.45) is 0. The molecule has 0 aromatic heterocycles. The molecular formula is C11H20N2O4. The van der Waals surface area contributed by atoms with Crippen LogP contribution in [0.4, 0.5) is 4.79 Å². The summed E-state index contributed by atoms with van der Waals surface area (Å²) in [5.74, 6) is -1.13. The maximum absolute atomic E-state index is 11.7. The number of nitrogens with one attached hydrogen (secondary N) is 1. The number of carbonyl (C=O) groups is 2. The number of urea groups is 1. The van der Waals surface area contributed by atoms with Gasteiger partial charge in [-0.3, -0.25) is 4.79 Å². The molecule has 17 heavy (non-hydrogen) atoms. The number of carboxylic acids is 1. The van der Waals surface area contributed by atoms with Crippen molar-refractivity contribution < 1.29 is 19.4 Å². The Kier molecular flexibility index (Phi) is 4.74. The van der Waals surface area contributed by atoms with Gasteiger partial charge in [-0.1, -0.05) is 6.92 Å². The predicted octanol–water partition coefficient (Wildman–Crippen LogP) is 0.383. The molecule has 98 valence electrons. The molecule has 1 rings (SSSR count). The number of hydrogen-bond acceptors (Lipinski definition) is 3. The highest BCUT2D eigenvalue weighted by atomic mass is 16.5. The standard InChI is InChI=1S/C11H20N2O4/c1-7(6-17-3)12-11(16)13-4-9(5-13)8(2)10(14)15/h7-9H,4-6H2,1-3H3,(H,12,16)(H,14,15). The molecule has 6 heteroatoms. The van der Waals surface area contributed by atoms with Crippen LogP contribution in [-0.4, -0.2) is 54.9 Å². The number of aliphatic carboxylic acids is 1. The number of hydrogen-bond donors (Lipinski definition) is 2.